The van der Waals surface area contributed by atoms with Crippen LogP contribution in [0.4, 0.5) is 4.79 Å². The van der Waals surface area contributed by atoms with Crippen molar-refractivity contribution in [2.45, 2.75) is 18.5 Å². The maximum absolute atomic E-state index is 12.4. The van der Waals surface area contributed by atoms with E-state index in [4.69, 9.17) is 11.6 Å². The number of benzene rings is 1. The molecule has 2 fully saturated rings. The number of nitrogens with one attached hydrogen (secondary N) is 1. The van der Waals surface area contributed by atoms with Crippen LogP contribution in [0.15, 0.2) is 24.3 Å². The molecule has 4 nitrogen and oxygen atoms in total. The monoisotopic (exact) mass is 296 g/mol. The number of hydrogen-bond acceptors (Lipinski definition) is 3. The van der Waals surface area contributed by atoms with E-state index >= 15 is 0 Å². The maximum Gasteiger partial charge on any atom is 0.325 e. The van der Waals surface area contributed by atoms with E-state index in [1.54, 1.807) is 17.8 Å². The van der Waals surface area contributed by atoms with Gasteiger partial charge in [-0.05, 0) is 23.8 Å². The fraction of sp³-hybridized carbons (Fsp3) is 0.385. The van der Waals surface area contributed by atoms with Crippen molar-refractivity contribution in [2.24, 2.45) is 0 Å². The number of hydrogen-bond donors (Lipinski definition) is 1. The van der Waals surface area contributed by atoms with Crippen LogP contribution in [0.3, 0.4) is 0 Å². The second-order valence-electron chi connectivity index (χ2n) is 4.80. The van der Waals surface area contributed by atoms with Gasteiger partial charge in [0.1, 0.15) is 5.54 Å². The number of rotatable bonds is 2. The van der Waals surface area contributed by atoms with Crippen LogP contribution in [0.2, 0.25) is 5.02 Å². The van der Waals surface area contributed by atoms with Crippen LogP contribution in [-0.2, 0) is 11.3 Å². The van der Waals surface area contributed by atoms with Crippen molar-refractivity contribution in [3.05, 3.63) is 34.9 Å². The van der Waals surface area contributed by atoms with Gasteiger partial charge in [0, 0.05) is 10.8 Å². The molecule has 1 aromatic rings. The molecule has 0 aromatic heterocycles. The lowest BCUT2D eigenvalue weighted by Gasteiger charge is -2.19. The largest absolute Gasteiger partial charge is 0.325 e. The lowest BCUT2D eigenvalue weighted by atomic mass is 9.99. The first kappa shape index (κ1) is 12.8. The Balaban J connectivity index is 1.84. The number of thioether (sulfide) groups is 1. The van der Waals surface area contributed by atoms with Gasteiger partial charge in [-0.1, -0.05) is 29.8 Å². The van der Waals surface area contributed by atoms with Gasteiger partial charge in [0.2, 0.25) is 0 Å². The first-order valence-corrected chi connectivity index (χ1v) is 7.61. The zero-order valence-corrected chi connectivity index (χ0v) is 11.8. The molecular formula is C13H13ClN2O2S. The third kappa shape index (κ3) is 2.11. The number of carbonyl (C=O) groups is 2. The van der Waals surface area contributed by atoms with Crippen LogP contribution in [0.5, 0.6) is 0 Å². The fourth-order valence-electron chi connectivity index (χ4n) is 2.45. The number of halogens is 1. The van der Waals surface area contributed by atoms with Crippen molar-refractivity contribution < 1.29 is 9.59 Å². The van der Waals surface area contributed by atoms with Crippen molar-refractivity contribution in [3.8, 4) is 0 Å². The normalized spacial score (nSPS) is 26.3. The molecule has 1 N–H and O–H groups in total. The summed E-state index contributed by atoms with van der Waals surface area (Å²) in [6.45, 7) is 0.233. The molecular weight excluding hydrogens is 284 g/mol. The topological polar surface area (TPSA) is 49.4 Å². The van der Waals surface area contributed by atoms with E-state index < -0.39 is 5.54 Å². The summed E-state index contributed by atoms with van der Waals surface area (Å²) in [5, 5.41) is 3.42. The number of nitrogens with zero attached hydrogens (tertiary/aromatic N) is 1. The van der Waals surface area contributed by atoms with E-state index in [-0.39, 0.29) is 18.5 Å². The quantitative estimate of drug-likeness (QED) is 0.852. The molecule has 19 heavy (non-hydrogen) atoms. The highest BCUT2D eigenvalue weighted by atomic mass is 35.5. The maximum atomic E-state index is 12.4. The van der Waals surface area contributed by atoms with E-state index in [2.05, 4.69) is 5.32 Å². The average molecular weight is 297 g/mol. The number of carbonyl (C=O) groups excluding carboxylic acids is 2. The SMILES string of the molecule is O=C1NC2(CCSC2)C(=O)N1Cc1ccccc1Cl. The van der Waals surface area contributed by atoms with Gasteiger partial charge < -0.3 is 5.32 Å². The summed E-state index contributed by atoms with van der Waals surface area (Å²) >= 11 is 7.77. The molecule has 100 valence electrons. The second kappa shape index (κ2) is 4.72. The minimum atomic E-state index is -0.678. The molecule has 0 bridgehead atoms. The minimum absolute atomic E-state index is 0.123. The van der Waals surface area contributed by atoms with Gasteiger partial charge >= 0.3 is 6.03 Å². The first-order valence-electron chi connectivity index (χ1n) is 6.08. The Bertz CT molecular complexity index is 543. The molecule has 2 aliphatic heterocycles. The van der Waals surface area contributed by atoms with Crippen molar-refractivity contribution >= 4 is 35.3 Å². The Morgan fingerprint density at radius 1 is 1.37 bits per heavy atom. The number of amides is 3. The van der Waals surface area contributed by atoms with E-state index in [0.29, 0.717) is 17.2 Å². The van der Waals surface area contributed by atoms with Crippen molar-refractivity contribution in [1.82, 2.24) is 10.2 Å². The summed E-state index contributed by atoms with van der Waals surface area (Å²) in [6.07, 6.45) is 0.710. The van der Waals surface area contributed by atoms with Gasteiger partial charge in [-0.3, -0.25) is 9.69 Å². The molecule has 3 amide bonds. The van der Waals surface area contributed by atoms with Crippen LogP contribution >= 0.6 is 23.4 Å². The zero-order chi connectivity index (χ0) is 13.5. The van der Waals surface area contributed by atoms with Gasteiger partial charge in [0.15, 0.2) is 0 Å². The molecule has 6 heteroatoms. The smallest absolute Gasteiger partial charge is 0.322 e. The zero-order valence-electron chi connectivity index (χ0n) is 10.2. The first-order chi connectivity index (χ1) is 9.12. The molecule has 1 atom stereocenters. The molecule has 1 spiro atoms. The molecule has 2 heterocycles. The Kier molecular flexibility index (Phi) is 3.19. The van der Waals surface area contributed by atoms with Crippen molar-refractivity contribution in [3.63, 3.8) is 0 Å². The van der Waals surface area contributed by atoms with Crippen LogP contribution < -0.4 is 5.32 Å². The molecule has 2 aliphatic rings. The number of imide groups is 1. The van der Waals surface area contributed by atoms with E-state index in [9.17, 15) is 9.59 Å². The molecule has 0 aliphatic carbocycles. The van der Waals surface area contributed by atoms with Gasteiger partial charge in [0.05, 0.1) is 6.54 Å². The highest BCUT2D eigenvalue weighted by molar-refractivity contribution is 7.99. The standard InChI is InChI=1S/C13H13ClN2O2S/c14-10-4-2-1-3-9(10)7-16-11(17)13(15-12(16)18)5-6-19-8-13/h1-4H,5-8H2,(H,15,18). The van der Waals surface area contributed by atoms with Crippen LogP contribution in [0.1, 0.15) is 12.0 Å². The lowest BCUT2D eigenvalue weighted by molar-refractivity contribution is -0.130. The molecule has 0 radical (unpaired) electrons. The second-order valence-corrected chi connectivity index (χ2v) is 6.31. The summed E-state index contributed by atoms with van der Waals surface area (Å²) in [4.78, 5) is 25.7. The molecule has 1 aromatic carbocycles. The Morgan fingerprint density at radius 3 is 2.84 bits per heavy atom. The van der Waals surface area contributed by atoms with Crippen LogP contribution in [0.25, 0.3) is 0 Å². The predicted molar refractivity (Wildman–Crippen MR) is 75.2 cm³/mol. The Labute approximate surface area is 120 Å². The fourth-order valence-corrected chi connectivity index (χ4v) is 3.97. The summed E-state index contributed by atoms with van der Waals surface area (Å²) in [5.74, 6) is 1.45. The van der Waals surface area contributed by atoms with Crippen molar-refractivity contribution in [2.75, 3.05) is 11.5 Å². The van der Waals surface area contributed by atoms with Gasteiger partial charge in [0.25, 0.3) is 5.91 Å². The van der Waals surface area contributed by atoms with E-state index in [1.165, 1.54) is 4.90 Å². The van der Waals surface area contributed by atoms with Gasteiger partial charge in [-0.25, -0.2) is 4.79 Å². The van der Waals surface area contributed by atoms with Crippen molar-refractivity contribution in [1.29, 1.82) is 0 Å². The predicted octanol–water partition coefficient (Wildman–Crippen LogP) is 2.27. The van der Waals surface area contributed by atoms with E-state index in [0.717, 1.165) is 11.3 Å². The number of urea groups is 1. The highest BCUT2D eigenvalue weighted by Crippen LogP contribution is 2.34. The molecule has 3 rings (SSSR count). The van der Waals surface area contributed by atoms with Gasteiger partial charge in [-0.2, -0.15) is 11.8 Å². The average Bonchev–Trinajstić information content (AvgIpc) is 2.94. The summed E-state index contributed by atoms with van der Waals surface area (Å²) in [6, 6.07) is 6.95. The summed E-state index contributed by atoms with van der Waals surface area (Å²) < 4.78 is 0. The van der Waals surface area contributed by atoms with Gasteiger partial charge in [-0.15, -0.1) is 0 Å². The molecule has 2 saturated heterocycles. The lowest BCUT2D eigenvalue weighted by Crippen LogP contribution is -2.46. The van der Waals surface area contributed by atoms with Crippen LogP contribution in [-0.4, -0.2) is 33.9 Å². The summed E-state index contributed by atoms with van der Waals surface area (Å²) in [5.41, 5.74) is 0.110. The Morgan fingerprint density at radius 2 is 2.16 bits per heavy atom. The third-order valence-corrected chi connectivity index (χ3v) is 5.11. The van der Waals surface area contributed by atoms with E-state index in [1.807, 2.05) is 18.2 Å². The minimum Gasteiger partial charge on any atom is -0.322 e. The Hall–Kier alpha value is -1.20. The van der Waals surface area contributed by atoms with Crippen LogP contribution in [0, 0.1) is 0 Å². The third-order valence-electron chi connectivity index (χ3n) is 3.55. The summed E-state index contributed by atoms with van der Waals surface area (Å²) in [7, 11) is 0. The molecule has 0 saturated carbocycles. The molecule has 1 unspecified atom stereocenters. The highest BCUT2D eigenvalue weighted by Gasteiger charge is 2.52.